The number of benzene rings is 2. The van der Waals surface area contributed by atoms with Crippen LogP contribution >= 0.6 is 0 Å². The summed E-state index contributed by atoms with van der Waals surface area (Å²) in [6, 6.07) is 12.8. The Bertz CT molecular complexity index is 722. The lowest BCUT2D eigenvalue weighted by molar-refractivity contribution is -0.115. The summed E-state index contributed by atoms with van der Waals surface area (Å²) in [4.78, 5) is 12.4. The summed E-state index contributed by atoms with van der Waals surface area (Å²) in [5.41, 5.74) is 5.05. The third-order valence-electron chi connectivity index (χ3n) is 4.51. The van der Waals surface area contributed by atoms with Crippen molar-refractivity contribution < 1.29 is 4.79 Å². The second-order valence-corrected chi connectivity index (χ2v) is 5.58. The van der Waals surface area contributed by atoms with E-state index in [1.54, 1.807) is 0 Å². The van der Waals surface area contributed by atoms with Gasteiger partial charge in [-0.05, 0) is 58.7 Å². The minimum Gasteiger partial charge on any atom is -0.294 e. The van der Waals surface area contributed by atoms with Gasteiger partial charge < -0.3 is 0 Å². The molecular weight excluding hydrogens is 232 g/mol. The first-order valence-corrected chi connectivity index (χ1v) is 7.11. The minimum atomic E-state index is 0.360. The van der Waals surface area contributed by atoms with E-state index in [0.717, 1.165) is 18.4 Å². The molecule has 0 aliphatic heterocycles. The number of fused-ring (bicyclic) bond motifs is 4. The van der Waals surface area contributed by atoms with Gasteiger partial charge in [-0.25, -0.2) is 0 Å². The standard InChI is InChI=1S/C18H16O/c19-18-11-17-13-6-2-1-5-12(13)9-10-15(17)14-7-3-4-8-16(14)18/h1-2,5-6,9-10H,3-4,7-8,11H2. The molecule has 0 heterocycles. The highest BCUT2D eigenvalue weighted by molar-refractivity contribution is 6.10. The Balaban J connectivity index is 2.04. The summed E-state index contributed by atoms with van der Waals surface area (Å²) in [5.74, 6) is 0.360. The fourth-order valence-corrected chi connectivity index (χ4v) is 3.59. The third-order valence-corrected chi connectivity index (χ3v) is 4.51. The molecule has 19 heavy (non-hydrogen) atoms. The zero-order chi connectivity index (χ0) is 12.8. The molecule has 0 atom stereocenters. The molecule has 0 spiro atoms. The van der Waals surface area contributed by atoms with Crippen LogP contribution in [0.5, 0.6) is 0 Å². The Hall–Kier alpha value is -1.89. The number of Topliss-reactive ketones (excluding diaryl/α,β-unsaturated/α-hetero) is 1. The van der Waals surface area contributed by atoms with Crippen LogP contribution in [0.1, 0.15) is 36.8 Å². The molecule has 1 nitrogen and oxygen atoms in total. The molecule has 0 bridgehead atoms. The first kappa shape index (κ1) is 11.0. The van der Waals surface area contributed by atoms with Gasteiger partial charge in [0.1, 0.15) is 0 Å². The van der Waals surface area contributed by atoms with Crippen LogP contribution in [0.3, 0.4) is 0 Å². The van der Waals surface area contributed by atoms with Crippen molar-refractivity contribution in [2.75, 3.05) is 0 Å². The van der Waals surface area contributed by atoms with Crippen LogP contribution in [0.15, 0.2) is 42.0 Å². The van der Waals surface area contributed by atoms with E-state index in [0.29, 0.717) is 12.2 Å². The molecule has 94 valence electrons. The quantitative estimate of drug-likeness (QED) is 0.679. The molecule has 0 saturated heterocycles. The first-order chi connectivity index (χ1) is 9.34. The molecule has 4 rings (SSSR count). The van der Waals surface area contributed by atoms with E-state index in [4.69, 9.17) is 0 Å². The van der Waals surface area contributed by atoms with Gasteiger partial charge in [-0.2, -0.15) is 0 Å². The van der Waals surface area contributed by atoms with Gasteiger partial charge in [0.05, 0.1) is 0 Å². The number of allylic oxidation sites excluding steroid dienone is 2. The maximum atomic E-state index is 12.4. The highest BCUT2D eigenvalue weighted by Gasteiger charge is 2.27. The van der Waals surface area contributed by atoms with E-state index in [-0.39, 0.29) is 0 Å². The normalized spacial score (nSPS) is 18.4. The van der Waals surface area contributed by atoms with Crippen LogP contribution in [0.25, 0.3) is 16.3 Å². The number of ketones is 1. The smallest absolute Gasteiger partial charge is 0.163 e. The van der Waals surface area contributed by atoms with Gasteiger partial charge in [0.2, 0.25) is 0 Å². The van der Waals surface area contributed by atoms with Crippen LogP contribution < -0.4 is 0 Å². The lowest BCUT2D eigenvalue weighted by atomic mass is 9.76. The average molecular weight is 248 g/mol. The summed E-state index contributed by atoms with van der Waals surface area (Å²) < 4.78 is 0. The highest BCUT2D eigenvalue weighted by Crippen LogP contribution is 2.40. The van der Waals surface area contributed by atoms with Gasteiger partial charge in [-0.15, -0.1) is 0 Å². The molecule has 2 aliphatic rings. The van der Waals surface area contributed by atoms with Crippen molar-refractivity contribution in [3.05, 3.63) is 53.1 Å². The summed E-state index contributed by atoms with van der Waals surface area (Å²) in [6.45, 7) is 0. The molecule has 0 saturated carbocycles. The fraction of sp³-hybridized carbons (Fsp3) is 0.278. The van der Waals surface area contributed by atoms with Crippen LogP contribution in [0, 0.1) is 0 Å². The van der Waals surface area contributed by atoms with Crippen LogP contribution in [0.2, 0.25) is 0 Å². The molecule has 1 heteroatoms. The topological polar surface area (TPSA) is 17.1 Å². The Kier molecular flexibility index (Phi) is 2.34. The third kappa shape index (κ3) is 1.58. The van der Waals surface area contributed by atoms with Crippen LogP contribution in [-0.2, 0) is 11.2 Å². The highest BCUT2D eigenvalue weighted by atomic mass is 16.1. The van der Waals surface area contributed by atoms with Crippen molar-refractivity contribution in [3.8, 4) is 0 Å². The molecule has 0 N–H and O–H groups in total. The van der Waals surface area contributed by atoms with E-state index in [1.165, 1.54) is 40.3 Å². The average Bonchev–Trinajstić information content (AvgIpc) is 2.47. The van der Waals surface area contributed by atoms with Crippen LogP contribution in [-0.4, -0.2) is 5.78 Å². The molecule has 0 amide bonds. The van der Waals surface area contributed by atoms with Crippen molar-refractivity contribution in [1.82, 2.24) is 0 Å². The van der Waals surface area contributed by atoms with E-state index in [2.05, 4.69) is 36.4 Å². The van der Waals surface area contributed by atoms with Gasteiger partial charge in [-0.1, -0.05) is 36.4 Å². The van der Waals surface area contributed by atoms with Gasteiger partial charge >= 0.3 is 0 Å². The number of carbonyl (C=O) groups excluding carboxylic acids is 1. The summed E-state index contributed by atoms with van der Waals surface area (Å²) in [5, 5.41) is 2.50. The van der Waals surface area contributed by atoms with Crippen molar-refractivity contribution in [3.63, 3.8) is 0 Å². The molecule has 0 unspecified atom stereocenters. The van der Waals surface area contributed by atoms with Gasteiger partial charge in [0.15, 0.2) is 5.78 Å². The summed E-state index contributed by atoms with van der Waals surface area (Å²) in [6.07, 6.45) is 5.05. The first-order valence-electron chi connectivity index (χ1n) is 7.11. The number of rotatable bonds is 0. The van der Waals surface area contributed by atoms with Crippen molar-refractivity contribution in [1.29, 1.82) is 0 Å². The second kappa shape index (κ2) is 4.06. The second-order valence-electron chi connectivity index (χ2n) is 5.58. The zero-order valence-corrected chi connectivity index (χ0v) is 10.9. The van der Waals surface area contributed by atoms with Gasteiger partial charge in [0.25, 0.3) is 0 Å². The lowest BCUT2D eigenvalue weighted by Crippen LogP contribution is -2.18. The number of carbonyl (C=O) groups is 1. The SMILES string of the molecule is O=C1Cc2c(ccc3ccccc23)C2=C1CCCC2. The van der Waals surface area contributed by atoms with Crippen molar-refractivity contribution in [2.45, 2.75) is 32.1 Å². The summed E-state index contributed by atoms with van der Waals surface area (Å²) in [7, 11) is 0. The Labute approximate surface area is 112 Å². The van der Waals surface area contributed by atoms with E-state index in [9.17, 15) is 4.79 Å². The monoisotopic (exact) mass is 248 g/mol. The van der Waals surface area contributed by atoms with Gasteiger partial charge in [0, 0.05) is 6.42 Å². The number of hydrogen-bond acceptors (Lipinski definition) is 1. The molecule has 0 fully saturated rings. The maximum absolute atomic E-state index is 12.4. The molecule has 0 aromatic heterocycles. The lowest BCUT2D eigenvalue weighted by Gasteiger charge is -2.27. The predicted molar refractivity (Wildman–Crippen MR) is 78.0 cm³/mol. The molecular formula is C18H16O. The van der Waals surface area contributed by atoms with E-state index < -0.39 is 0 Å². The minimum absolute atomic E-state index is 0.360. The largest absolute Gasteiger partial charge is 0.294 e. The Morgan fingerprint density at radius 1 is 0.842 bits per heavy atom. The number of hydrogen-bond donors (Lipinski definition) is 0. The molecule has 2 aromatic carbocycles. The fourth-order valence-electron chi connectivity index (χ4n) is 3.59. The summed E-state index contributed by atoms with van der Waals surface area (Å²) >= 11 is 0. The van der Waals surface area contributed by atoms with E-state index >= 15 is 0 Å². The van der Waals surface area contributed by atoms with Crippen molar-refractivity contribution in [2.24, 2.45) is 0 Å². The van der Waals surface area contributed by atoms with Crippen molar-refractivity contribution >= 4 is 22.1 Å². The maximum Gasteiger partial charge on any atom is 0.163 e. The predicted octanol–water partition coefficient (Wildman–Crippen LogP) is 4.29. The zero-order valence-electron chi connectivity index (χ0n) is 10.9. The Morgan fingerprint density at radius 2 is 1.63 bits per heavy atom. The molecule has 0 radical (unpaired) electrons. The Morgan fingerprint density at radius 3 is 2.53 bits per heavy atom. The van der Waals surface area contributed by atoms with Crippen LogP contribution in [0.4, 0.5) is 0 Å². The molecule has 2 aliphatic carbocycles. The van der Waals surface area contributed by atoms with E-state index in [1.807, 2.05) is 0 Å². The van der Waals surface area contributed by atoms with Gasteiger partial charge in [-0.3, -0.25) is 4.79 Å². The molecule has 2 aromatic rings.